The number of amides is 1. The highest BCUT2D eigenvalue weighted by Crippen LogP contribution is 2.44. The molecule has 35 heavy (non-hydrogen) atoms. The molecule has 1 aromatic heterocycles. The van der Waals surface area contributed by atoms with Crippen molar-refractivity contribution < 1.29 is 23.8 Å². The number of aromatic amines is 1. The number of fused-ring (bicyclic) bond motifs is 1. The van der Waals surface area contributed by atoms with Crippen LogP contribution in [0, 0.1) is 12.7 Å². The number of rotatable bonds is 5. The van der Waals surface area contributed by atoms with Crippen molar-refractivity contribution in [1.82, 2.24) is 9.88 Å². The van der Waals surface area contributed by atoms with Crippen LogP contribution in [0.3, 0.4) is 0 Å². The van der Waals surface area contributed by atoms with E-state index >= 15 is 0 Å². The van der Waals surface area contributed by atoms with Crippen molar-refractivity contribution in [3.05, 3.63) is 107 Å². The predicted molar refractivity (Wildman–Crippen MR) is 130 cm³/mol. The number of hydrogen-bond donors (Lipinski definition) is 2. The highest BCUT2D eigenvalue weighted by atomic mass is 19.1. The van der Waals surface area contributed by atoms with Crippen LogP contribution in [0.15, 0.2) is 78.4 Å². The summed E-state index contributed by atoms with van der Waals surface area (Å²) in [5.74, 6) is -1.84. The maximum atomic E-state index is 13.5. The summed E-state index contributed by atoms with van der Waals surface area (Å²) in [7, 11) is 1.47. The molecule has 0 bridgehead atoms. The van der Waals surface area contributed by atoms with Crippen molar-refractivity contribution in [2.45, 2.75) is 19.5 Å². The molecule has 0 aliphatic carbocycles. The van der Waals surface area contributed by atoms with E-state index in [-0.39, 0.29) is 17.9 Å². The second kappa shape index (κ2) is 8.76. The van der Waals surface area contributed by atoms with Gasteiger partial charge >= 0.3 is 0 Å². The van der Waals surface area contributed by atoms with Crippen LogP contribution >= 0.6 is 0 Å². The van der Waals surface area contributed by atoms with Crippen LogP contribution in [0.25, 0.3) is 16.7 Å². The number of aliphatic hydroxyl groups is 1. The van der Waals surface area contributed by atoms with Gasteiger partial charge in [-0.3, -0.25) is 9.59 Å². The molecule has 0 saturated carbocycles. The number of nitrogens with one attached hydrogen (secondary N) is 1. The number of ketones is 1. The average Bonchev–Trinajstić information content (AvgIpc) is 3.32. The number of halogens is 1. The van der Waals surface area contributed by atoms with Gasteiger partial charge in [0.05, 0.1) is 24.3 Å². The molecule has 3 aromatic carbocycles. The normalized spacial score (nSPS) is 17.3. The first-order valence-electron chi connectivity index (χ1n) is 11.1. The fraction of sp³-hybridized carbons (Fsp3) is 0.143. The zero-order chi connectivity index (χ0) is 24.7. The van der Waals surface area contributed by atoms with E-state index in [0.29, 0.717) is 16.9 Å². The Morgan fingerprint density at radius 3 is 2.46 bits per heavy atom. The molecule has 0 spiro atoms. The van der Waals surface area contributed by atoms with Crippen LogP contribution in [0.1, 0.15) is 28.4 Å². The Balaban J connectivity index is 1.75. The Hall–Kier alpha value is -4.39. The van der Waals surface area contributed by atoms with Crippen molar-refractivity contribution >= 4 is 28.4 Å². The van der Waals surface area contributed by atoms with Crippen LogP contribution in [0.4, 0.5) is 4.39 Å². The SMILES string of the molecule is COc1ccccc1/C(O)=C1\C(=O)C(=O)N(Cc2ccc(F)cc2)C1c1c(C)[nH]c2ccccc12. The zero-order valence-corrected chi connectivity index (χ0v) is 19.2. The molecule has 7 heteroatoms. The van der Waals surface area contributed by atoms with Gasteiger partial charge in [0, 0.05) is 28.7 Å². The van der Waals surface area contributed by atoms with Crippen LogP contribution in [0.2, 0.25) is 0 Å². The number of aryl methyl sites for hydroxylation is 1. The lowest BCUT2D eigenvalue weighted by Crippen LogP contribution is -2.29. The third-order valence-electron chi connectivity index (χ3n) is 6.39. The number of hydrogen-bond acceptors (Lipinski definition) is 4. The Kier molecular flexibility index (Phi) is 5.61. The number of aliphatic hydroxyl groups excluding tert-OH is 1. The monoisotopic (exact) mass is 470 g/mol. The lowest BCUT2D eigenvalue weighted by Gasteiger charge is -2.26. The van der Waals surface area contributed by atoms with Crippen LogP contribution in [0.5, 0.6) is 5.75 Å². The lowest BCUT2D eigenvalue weighted by molar-refractivity contribution is -0.140. The van der Waals surface area contributed by atoms with Crippen molar-refractivity contribution in [2.75, 3.05) is 7.11 Å². The molecule has 0 radical (unpaired) electrons. The van der Waals surface area contributed by atoms with Gasteiger partial charge < -0.3 is 19.7 Å². The number of H-pyrrole nitrogens is 1. The fourth-order valence-corrected chi connectivity index (χ4v) is 4.77. The number of para-hydroxylation sites is 2. The Bertz CT molecular complexity index is 1490. The molecule has 1 saturated heterocycles. The second-order valence-electron chi connectivity index (χ2n) is 8.46. The number of carbonyl (C=O) groups excluding carboxylic acids is 2. The molecule has 2 N–H and O–H groups in total. The summed E-state index contributed by atoms with van der Waals surface area (Å²) in [5.41, 5.74) is 3.30. The Morgan fingerprint density at radius 2 is 1.71 bits per heavy atom. The minimum Gasteiger partial charge on any atom is -0.507 e. The molecule has 1 amide bonds. The topological polar surface area (TPSA) is 82.6 Å². The molecule has 1 aliphatic heterocycles. The maximum absolute atomic E-state index is 13.5. The van der Waals surface area contributed by atoms with Gasteiger partial charge in [0.2, 0.25) is 0 Å². The van der Waals surface area contributed by atoms with Crippen molar-refractivity contribution in [1.29, 1.82) is 0 Å². The smallest absolute Gasteiger partial charge is 0.295 e. The fourth-order valence-electron chi connectivity index (χ4n) is 4.77. The van der Waals surface area contributed by atoms with E-state index in [1.165, 1.54) is 24.1 Å². The van der Waals surface area contributed by atoms with E-state index in [2.05, 4.69) is 4.98 Å². The van der Waals surface area contributed by atoms with E-state index in [1.54, 1.807) is 36.4 Å². The molecule has 1 aliphatic rings. The first kappa shape index (κ1) is 22.4. The quantitative estimate of drug-likeness (QED) is 0.237. The largest absolute Gasteiger partial charge is 0.507 e. The molecular formula is C28H23FN2O4. The highest BCUT2D eigenvalue weighted by Gasteiger charge is 2.47. The van der Waals surface area contributed by atoms with Crippen LogP contribution < -0.4 is 4.74 Å². The van der Waals surface area contributed by atoms with E-state index < -0.39 is 23.5 Å². The van der Waals surface area contributed by atoms with Crippen molar-refractivity contribution in [2.24, 2.45) is 0 Å². The minimum absolute atomic E-state index is 0.0190. The third kappa shape index (κ3) is 3.75. The van der Waals surface area contributed by atoms with Gasteiger partial charge in [0.1, 0.15) is 17.3 Å². The number of nitrogens with zero attached hydrogens (tertiary/aromatic N) is 1. The minimum atomic E-state index is -0.860. The molecule has 4 aromatic rings. The van der Waals surface area contributed by atoms with Crippen LogP contribution in [-0.4, -0.2) is 33.8 Å². The van der Waals surface area contributed by atoms with Gasteiger partial charge in [0.15, 0.2) is 0 Å². The van der Waals surface area contributed by atoms with Crippen LogP contribution in [-0.2, 0) is 16.1 Å². The van der Waals surface area contributed by atoms with Gasteiger partial charge in [0.25, 0.3) is 11.7 Å². The molecule has 1 atom stereocenters. The molecule has 6 nitrogen and oxygen atoms in total. The number of benzene rings is 3. The van der Waals surface area contributed by atoms with Gasteiger partial charge in [-0.1, -0.05) is 42.5 Å². The summed E-state index contributed by atoms with van der Waals surface area (Å²) < 4.78 is 18.9. The number of carbonyl (C=O) groups is 2. The number of aromatic nitrogens is 1. The van der Waals surface area contributed by atoms with Gasteiger partial charge in [-0.15, -0.1) is 0 Å². The molecule has 2 heterocycles. The maximum Gasteiger partial charge on any atom is 0.295 e. The molecule has 1 unspecified atom stereocenters. The van der Waals surface area contributed by atoms with E-state index in [0.717, 1.165) is 22.2 Å². The number of ether oxygens (including phenoxy) is 1. The first-order valence-corrected chi connectivity index (χ1v) is 11.1. The zero-order valence-electron chi connectivity index (χ0n) is 19.2. The summed E-state index contributed by atoms with van der Waals surface area (Å²) in [6, 6.07) is 19.3. The summed E-state index contributed by atoms with van der Waals surface area (Å²) in [6.07, 6.45) is 0. The summed E-state index contributed by atoms with van der Waals surface area (Å²) in [5, 5.41) is 12.3. The van der Waals surface area contributed by atoms with Gasteiger partial charge in [-0.05, 0) is 42.8 Å². The molecule has 1 fully saturated rings. The number of methoxy groups -OCH3 is 1. The molecule has 5 rings (SSSR count). The lowest BCUT2D eigenvalue weighted by atomic mass is 9.93. The first-order chi connectivity index (χ1) is 16.9. The van der Waals surface area contributed by atoms with E-state index in [4.69, 9.17) is 4.74 Å². The Labute approximate surface area is 201 Å². The van der Waals surface area contributed by atoms with E-state index in [9.17, 15) is 19.1 Å². The van der Waals surface area contributed by atoms with Crippen molar-refractivity contribution in [3.8, 4) is 5.75 Å². The number of likely N-dealkylation sites (tertiary alicyclic amines) is 1. The highest BCUT2D eigenvalue weighted by molar-refractivity contribution is 6.46. The van der Waals surface area contributed by atoms with Gasteiger partial charge in [-0.25, -0.2) is 4.39 Å². The molecular weight excluding hydrogens is 447 g/mol. The average molecular weight is 471 g/mol. The third-order valence-corrected chi connectivity index (χ3v) is 6.39. The predicted octanol–water partition coefficient (Wildman–Crippen LogP) is 5.25. The van der Waals surface area contributed by atoms with Gasteiger partial charge in [-0.2, -0.15) is 0 Å². The van der Waals surface area contributed by atoms with Crippen molar-refractivity contribution in [3.63, 3.8) is 0 Å². The molecule has 176 valence electrons. The van der Waals surface area contributed by atoms with E-state index in [1.807, 2.05) is 31.2 Å². The summed E-state index contributed by atoms with van der Waals surface area (Å²) >= 11 is 0. The standard InChI is InChI=1S/C28H23FN2O4/c1-16-23(19-7-3-5-9-21(19)30-16)25-24(26(32)20-8-4-6-10-22(20)35-2)27(33)28(34)31(25)15-17-11-13-18(29)14-12-17/h3-14,25,30,32H,15H2,1-2H3/b26-24+. The Morgan fingerprint density at radius 1 is 1.03 bits per heavy atom. The second-order valence-corrected chi connectivity index (χ2v) is 8.46. The number of Topliss-reactive ketones (excluding diaryl/α,β-unsaturated/α-hetero) is 1. The summed E-state index contributed by atoms with van der Waals surface area (Å²) in [4.78, 5) is 31.5. The summed E-state index contributed by atoms with van der Waals surface area (Å²) in [6.45, 7) is 1.94.